The Bertz CT molecular complexity index is 1230. The molecule has 1 aliphatic heterocycles. The SMILES string of the molecule is N#Cc1ccc(Cn2cncc2CN2CCN(c3cccc(OC(F)(F)F)c3)C(=O)C2)cc1F. The molecule has 2 aromatic carbocycles. The first kappa shape index (κ1) is 23.3. The number of carbonyl (C=O) groups excluding carboxylic acids is 1. The van der Waals surface area contributed by atoms with E-state index < -0.39 is 12.2 Å². The monoisotopic (exact) mass is 473 g/mol. The summed E-state index contributed by atoms with van der Waals surface area (Å²) in [5.74, 6) is -1.23. The minimum absolute atomic E-state index is 0.0264. The summed E-state index contributed by atoms with van der Waals surface area (Å²) in [6, 6.07) is 11.5. The van der Waals surface area contributed by atoms with Crippen molar-refractivity contribution in [2.75, 3.05) is 24.5 Å². The second-order valence-corrected chi connectivity index (χ2v) is 7.74. The molecule has 1 aliphatic rings. The number of nitrogens with zero attached hydrogens (tertiary/aromatic N) is 5. The van der Waals surface area contributed by atoms with Crippen LogP contribution >= 0.6 is 0 Å². The van der Waals surface area contributed by atoms with Crippen LogP contribution < -0.4 is 9.64 Å². The average molecular weight is 473 g/mol. The minimum Gasteiger partial charge on any atom is -0.406 e. The highest BCUT2D eigenvalue weighted by Gasteiger charge is 2.32. The van der Waals surface area contributed by atoms with Gasteiger partial charge in [-0.2, -0.15) is 5.26 Å². The van der Waals surface area contributed by atoms with Crippen molar-refractivity contribution in [3.05, 3.63) is 77.6 Å². The number of benzene rings is 2. The Balaban J connectivity index is 1.40. The van der Waals surface area contributed by atoms with E-state index in [2.05, 4.69) is 9.72 Å². The molecule has 0 N–H and O–H groups in total. The van der Waals surface area contributed by atoms with Crippen molar-refractivity contribution in [1.29, 1.82) is 5.26 Å². The van der Waals surface area contributed by atoms with Crippen LogP contribution in [0.4, 0.5) is 23.2 Å². The highest BCUT2D eigenvalue weighted by atomic mass is 19.4. The van der Waals surface area contributed by atoms with Crippen molar-refractivity contribution in [3.8, 4) is 11.8 Å². The lowest BCUT2D eigenvalue weighted by atomic mass is 10.1. The molecule has 0 saturated carbocycles. The molecule has 4 rings (SSSR count). The fourth-order valence-electron chi connectivity index (χ4n) is 3.77. The van der Waals surface area contributed by atoms with Gasteiger partial charge in [0, 0.05) is 44.1 Å². The van der Waals surface area contributed by atoms with Crippen LogP contribution in [0.2, 0.25) is 0 Å². The molecule has 1 amide bonds. The number of aromatic nitrogens is 2. The lowest BCUT2D eigenvalue weighted by molar-refractivity contribution is -0.274. The van der Waals surface area contributed by atoms with E-state index in [0.29, 0.717) is 37.4 Å². The van der Waals surface area contributed by atoms with Gasteiger partial charge in [0.2, 0.25) is 5.91 Å². The minimum atomic E-state index is -4.81. The predicted octanol–water partition coefficient (Wildman–Crippen LogP) is 3.69. The number of hydrogen-bond donors (Lipinski definition) is 0. The number of nitriles is 1. The van der Waals surface area contributed by atoms with E-state index in [9.17, 15) is 22.4 Å². The molecular weight excluding hydrogens is 454 g/mol. The molecule has 11 heteroatoms. The van der Waals surface area contributed by atoms with Crippen LogP contribution in [0.15, 0.2) is 55.0 Å². The van der Waals surface area contributed by atoms with Crippen molar-refractivity contribution in [2.45, 2.75) is 19.5 Å². The van der Waals surface area contributed by atoms with Gasteiger partial charge >= 0.3 is 6.36 Å². The van der Waals surface area contributed by atoms with Crippen LogP contribution in [-0.4, -0.2) is 46.4 Å². The molecule has 0 unspecified atom stereocenters. The molecule has 7 nitrogen and oxygen atoms in total. The number of rotatable bonds is 6. The summed E-state index contributed by atoms with van der Waals surface area (Å²) >= 11 is 0. The van der Waals surface area contributed by atoms with Gasteiger partial charge in [-0.1, -0.05) is 12.1 Å². The number of alkyl halides is 3. The number of carbonyl (C=O) groups is 1. The van der Waals surface area contributed by atoms with Gasteiger partial charge in [-0.15, -0.1) is 13.2 Å². The van der Waals surface area contributed by atoms with Crippen molar-refractivity contribution >= 4 is 11.6 Å². The summed E-state index contributed by atoms with van der Waals surface area (Å²) in [7, 11) is 0. The standard InChI is InChI=1S/C23H19F4N5O2/c24-21-8-16(4-5-17(21)10-28)12-31-15-29-11-19(31)13-30-6-7-32(22(33)14-30)18-2-1-3-20(9-18)34-23(25,26)27/h1-5,8-9,11,15H,6-7,12-14H2. The van der Waals surface area contributed by atoms with Crippen LogP contribution in [0.25, 0.3) is 0 Å². The molecule has 0 radical (unpaired) electrons. The number of imidazole rings is 1. The number of ether oxygens (including phenoxy) is 1. The molecule has 0 aliphatic carbocycles. The van der Waals surface area contributed by atoms with Crippen LogP contribution in [0.3, 0.4) is 0 Å². The maximum absolute atomic E-state index is 13.9. The summed E-state index contributed by atoms with van der Waals surface area (Å²) in [5, 5.41) is 8.87. The highest BCUT2D eigenvalue weighted by Crippen LogP contribution is 2.28. The highest BCUT2D eigenvalue weighted by molar-refractivity contribution is 5.95. The predicted molar refractivity (Wildman–Crippen MR) is 113 cm³/mol. The zero-order chi connectivity index (χ0) is 24.3. The summed E-state index contributed by atoms with van der Waals surface area (Å²) in [6.07, 6.45) is -1.54. The third-order valence-corrected chi connectivity index (χ3v) is 5.35. The van der Waals surface area contributed by atoms with Gasteiger partial charge in [0.05, 0.1) is 24.1 Å². The zero-order valence-corrected chi connectivity index (χ0v) is 17.8. The Labute approximate surface area is 192 Å². The molecule has 0 bridgehead atoms. The number of anilines is 1. The van der Waals surface area contributed by atoms with E-state index in [0.717, 1.165) is 5.69 Å². The number of halogens is 4. The molecule has 1 fully saturated rings. The van der Waals surface area contributed by atoms with Crippen molar-refractivity contribution < 1.29 is 27.1 Å². The van der Waals surface area contributed by atoms with Gasteiger partial charge in [0.15, 0.2) is 0 Å². The summed E-state index contributed by atoms with van der Waals surface area (Å²) in [4.78, 5) is 20.2. The molecule has 3 aromatic rings. The lowest BCUT2D eigenvalue weighted by Gasteiger charge is -2.34. The Kier molecular flexibility index (Phi) is 6.51. The van der Waals surface area contributed by atoms with Gasteiger partial charge in [-0.25, -0.2) is 9.37 Å². The summed E-state index contributed by atoms with van der Waals surface area (Å²) in [6.45, 7) is 1.62. The largest absolute Gasteiger partial charge is 0.573 e. The topological polar surface area (TPSA) is 74.4 Å². The lowest BCUT2D eigenvalue weighted by Crippen LogP contribution is -2.50. The zero-order valence-electron chi connectivity index (χ0n) is 17.8. The Morgan fingerprint density at radius 3 is 2.65 bits per heavy atom. The van der Waals surface area contributed by atoms with E-state index in [1.165, 1.54) is 35.2 Å². The Morgan fingerprint density at radius 2 is 1.94 bits per heavy atom. The van der Waals surface area contributed by atoms with E-state index in [4.69, 9.17) is 5.26 Å². The molecule has 1 aromatic heterocycles. The van der Waals surface area contributed by atoms with Crippen LogP contribution in [0.5, 0.6) is 5.75 Å². The molecule has 34 heavy (non-hydrogen) atoms. The van der Waals surface area contributed by atoms with Crippen molar-refractivity contribution in [3.63, 3.8) is 0 Å². The third-order valence-electron chi connectivity index (χ3n) is 5.35. The van der Waals surface area contributed by atoms with Gasteiger partial charge < -0.3 is 14.2 Å². The maximum Gasteiger partial charge on any atom is 0.573 e. The fourth-order valence-corrected chi connectivity index (χ4v) is 3.77. The van der Waals surface area contributed by atoms with Gasteiger partial charge in [0.1, 0.15) is 17.6 Å². The number of piperazine rings is 1. The molecular formula is C23H19F4N5O2. The van der Waals surface area contributed by atoms with Crippen LogP contribution in [-0.2, 0) is 17.9 Å². The molecule has 176 valence electrons. The third kappa shape index (κ3) is 5.52. The smallest absolute Gasteiger partial charge is 0.406 e. The van der Waals surface area contributed by atoms with E-state index in [-0.39, 0.29) is 23.8 Å². The average Bonchev–Trinajstić information content (AvgIpc) is 3.19. The van der Waals surface area contributed by atoms with E-state index in [1.54, 1.807) is 30.7 Å². The Hall–Kier alpha value is -3.91. The summed E-state index contributed by atoms with van der Waals surface area (Å²) in [5.41, 5.74) is 1.78. The molecule has 0 atom stereocenters. The first-order valence-corrected chi connectivity index (χ1v) is 10.3. The first-order valence-electron chi connectivity index (χ1n) is 10.3. The first-order chi connectivity index (χ1) is 16.2. The van der Waals surface area contributed by atoms with Gasteiger partial charge in [-0.3, -0.25) is 9.69 Å². The fraction of sp³-hybridized carbons (Fsp3) is 0.261. The molecule has 1 saturated heterocycles. The maximum atomic E-state index is 13.9. The van der Waals surface area contributed by atoms with E-state index in [1.807, 2.05) is 9.47 Å². The number of amides is 1. The van der Waals surface area contributed by atoms with Gasteiger partial charge in [-0.05, 0) is 29.8 Å². The van der Waals surface area contributed by atoms with E-state index >= 15 is 0 Å². The van der Waals surface area contributed by atoms with Crippen LogP contribution in [0, 0.1) is 17.1 Å². The number of hydrogen-bond acceptors (Lipinski definition) is 5. The quantitative estimate of drug-likeness (QED) is 0.511. The second kappa shape index (κ2) is 9.52. The summed E-state index contributed by atoms with van der Waals surface area (Å²) < 4.78 is 57.2. The van der Waals surface area contributed by atoms with Gasteiger partial charge in [0.25, 0.3) is 0 Å². The van der Waals surface area contributed by atoms with Crippen molar-refractivity contribution in [1.82, 2.24) is 14.5 Å². The Morgan fingerprint density at radius 1 is 1.12 bits per heavy atom. The van der Waals surface area contributed by atoms with Crippen molar-refractivity contribution in [2.24, 2.45) is 0 Å². The molecule has 2 heterocycles. The normalized spacial score (nSPS) is 14.8. The molecule has 0 spiro atoms. The van der Waals surface area contributed by atoms with Crippen LogP contribution in [0.1, 0.15) is 16.8 Å². The second-order valence-electron chi connectivity index (χ2n) is 7.74.